The SMILES string of the molecule is C=C[N+]([O-])=NCCc1ccccc1. The molecule has 0 saturated heterocycles. The topological polar surface area (TPSA) is 38.4 Å². The number of azo groups is 1. The molecule has 3 heteroatoms. The highest BCUT2D eigenvalue weighted by Gasteiger charge is 1.91. The van der Waals surface area contributed by atoms with E-state index < -0.39 is 0 Å². The summed E-state index contributed by atoms with van der Waals surface area (Å²) in [5, 5.41) is 14.3. The third-order valence-corrected chi connectivity index (χ3v) is 1.64. The van der Waals surface area contributed by atoms with Crippen LogP contribution in [0.15, 0.2) is 48.2 Å². The molecule has 0 atom stereocenters. The van der Waals surface area contributed by atoms with Crippen molar-refractivity contribution in [3.8, 4) is 0 Å². The molecule has 1 aromatic carbocycles. The van der Waals surface area contributed by atoms with E-state index in [1.54, 1.807) is 0 Å². The molecule has 0 amide bonds. The van der Waals surface area contributed by atoms with Crippen molar-refractivity contribution in [2.45, 2.75) is 6.42 Å². The molecule has 3 nitrogen and oxygen atoms in total. The van der Waals surface area contributed by atoms with E-state index >= 15 is 0 Å². The molecular weight excluding hydrogens is 164 g/mol. The number of hydrogen-bond acceptors (Lipinski definition) is 2. The molecule has 13 heavy (non-hydrogen) atoms. The van der Waals surface area contributed by atoms with Gasteiger partial charge in [0, 0.05) is 0 Å². The summed E-state index contributed by atoms with van der Waals surface area (Å²) < 4.78 is 0. The van der Waals surface area contributed by atoms with Crippen LogP contribution in [0.1, 0.15) is 5.56 Å². The van der Waals surface area contributed by atoms with Crippen LogP contribution in [0.4, 0.5) is 0 Å². The first-order valence-corrected chi connectivity index (χ1v) is 4.13. The van der Waals surface area contributed by atoms with Crippen LogP contribution in [0, 0.1) is 5.21 Å². The van der Waals surface area contributed by atoms with Gasteiger partial charge in [-0.15, -0.1) is 0 Å². The molecule has 0 heterocycles. The van der Waals surface area contributed by atoms with Crippen molar-refractivity contribution in [2.24, 2.45) is 5.11 Å². The third kappa shape index (κ3) is 3.51. The molecule has 0 spiro atoms. The Balaban J connectivity index is 2.40. The average Bonchev–Trinajstić information content (AvgIpc) is 2.19. The molecule has 0 fully saturated rings. The van der Waals surface area contributed by atoms with E-state index in [1.807, 2.05) is 30.3 Å². The molecule has 0 N–H and O–H groups in total. The van der Waals surface area contributed by atoms with Crippen molar-refractivity contribution >= 4 is 0 Å². The second-order valence-electron chi connectivity index (χ2n) is 2.59. The predicted octanol–water partition coefficient (Wildman–Crippen LogP) is 2.34. The third-order valence-electron chi connectivity index (χ3n) is 1.64. The van der Waals surface area contributed by atoms with Crippen molar-refractivity contribution in [3.63, 3.8) is 0 Å². The van der Waals surface area contributed by atoms with Gasteiger partial charge in [-0.3, -0.25) is 0 Å². The molecule has 0 aliphatic rings. The molecule has 0 aromatic heterocycles. The number of hydroxylamine groups is 1. The molecule has 0 unspecified atom stereocenters. The van der Waals surface area contributed by atoms with Crippen molar-refractivity contribution < 1.29 is 4.86 Å². The highest BCUT2D eigenvalue weighted by molar-refractivity contribution is 5.14. The summed E-state index contributed by atoms with van der Waals surface area (Å²) in [6.07, 6.45) is 1.93. The van der Waals surface area contributed by atoms with Gasteiger partial charge in [0.25, 0.3) is 0 Å². The lowest BCUT2D eigenvalue weighted by Gasteiger charge is -1.95. The molecule has 0 radical (unpaired) electrons. The molecule has 1 rings (SSSR count). The van der Waals surface area contributed by atoms with Gasteiger partial charge in [-0.25, -0.2) is 0 Å². The van der Waals surface area contributed by atoms with Crippen LogP contribution in [0.2, 0.25) is 0 Å². The molecular formula is C10H12N2O. The van der Waals surface area contributed by atoms with E-state index in [-0.39, 0.29) is 0 Å². The monoisotopic (exact) mass is 176 g/mol. The van der Waals surface area contributed by atoms with Gasteiger partial charge in [-0.1, -0.05) is 35.2 Å². The number of hydrogen-bond donors (Lipinski definition) is 0. The Morgan fingerprint density at radius 1 is 1.38 bits per heavy atom. The van der Waals surface area contributed by atoms with Crippen molar-refractivity contribution in [1.29, 1.82) is 0 Å². The second kappa shape index (κ2) is 5.09. The zero-order valence-corrected chi connectivity index (χ0v) is 7.39. The lowest BCUT2D eigenvalue weighted by atomic mass is 10.2. The van der Waals surface area contributed by atoms with E-state index in [4.69, 9.17) is 0 Å². The fourth-order valence-electron chi connectivity index (χ4n) is 0.980. The Labute approximate surface area is 77.6 Å². The average molecular weight is 176 g/mol. The van der Waals surface area contributed by atoms with E-state index in [0.717, 1.165) is 12.6 Å². The molecule has 68 valence electrons. The Kier molecular flexibility index (Phi) is 3.70. The largest absolute Gasteiger partial charge is 0.595 e. The lowest BCUT2D eigenvalue weighted by molar-refractivity contribution is -0.458. The number of nitrogens with zero attached hydrogens (tertiary/aromatic N) is 2. The number of benzene rings is 1. The molecule has 0 aliphatic heterocycles. The first-order chi connectivity index (χ1) is 6.33. The summed E-state index contributed by atoms with van der Waals surface area (Å²) in [6, 6.07) is 9.93. The summed E-state index contributed by atoms with van der Waals surface area (Å²) in [5.74, 6) is 0. The second-order valence-corrected chi connectivity index (χ2v) is 2.59. The normalized spacial score (nSPS) is 11.2. The highest BCUT2D eigenvalue weighted by Crippen LogP contribution is 1.99. The molecule has 0 saturated carbocycles. The summed E-state index contributed by atoms with van der Waals surface area (Å²) in [5.41, 5.74) is 1.18. The lowest BCUT2D eigenvalue weighted by Crippen LogP contribution is -1.94. The Bertz CT molecular complexity index is 293. The standard InChI is InChI=1S/C10H12N2O/c1-2-12(13)11-9-8-10-6-4-3-5-7-10/h2-7H,1,8-9H2. The summed E-state index contributed by atoms with van der Waals surface area (Å²) in [7, 11) is 0. The van der Waals surface area contributed by atoms with Gasteiger partial charge in [0.2, 0.25) is 6.20 Å². The van der Waals surface area contributed by atoms with Gasteiger partial charge in [0.05, 0.1) is 0 Å². The van der Waals surface area contributed by atoms with Gasteiger partial charge >= 0.3 is 0 Å². The minimum atomic E-state index is 0.489. The van der Waals surface area contributed by atoms with Crippen LogP contribution in [0.25, 0.3) is 0 Å². The highest BCUT2D eigenvalue weighted by atomic mass is 16.5. The summed E-state index contributed by atoms with van der Waals surface area (Å²) in [6.45, 7) is 3.81. The first kappa shape index (κ1) is 9.45. The maximum Gasteiger partial charge on any atom is 0.202 e. The fourth-order valence-corrected chi connectivity index (χ4v) is 0.980. The van der Waals surface area contributed by atoms with E-state index in [2.05, 4.69) is 11.7 Å². The summed E-state index contributed by atoms with van der Waals surface area (Å²) >= 11 is 0. The predicted molar refractivity (Wildman–Crippen MR) is 51.3 cm³/mol. The van der Waals surface area contributed by atoms with Gasteiger partial charge < -0.3 is 5.21 Å². The first-order valence-electron chi connectivity index (χ1n) is 4.13. The van der Waals surface area contributed by atoms with Gasteiger partial charge in [-0.2, -0.15) is 0 Å². The van der Waals surface area contributed by atoms with E-state index in [0.29, 0.717) is 11.4 Å². The maximum atomic E-state index is 10.6. The minimum absolute atomic E-state index is 0.489. The molecule has 1 aromatic rings. The Morgan fingerprint density at radius 2 is 2.08 bits per heavy atom. The quantitative estimate of drug-likeness (QED) is 0.394. The van der Waals surface area contributed by atoms with Crippen LogP contribution in [0.5, 0.6) is 0 Å². The minimum Gasteiger partial charge on any atom is -0.595 e. The Hall–Kier alpha value is -1.64. The van der Waals surface area contributed by atoms with Crippen LogP contribution in [-0.4, -0.2) is 11.4 Å². The van der Waals surface area contributed by atoms with E-state index in [9.17, 15) is 5.21 Å². The zero-order valence-electron chi connectivity index (χ0n) is 7.39. The van der Waals surface area contributed by atoms with Crippen LogP contribution >= 0.6 is 0 Å². The van der Waals surface area contributed by atoms with Crippen LogP contribution < -0.4 is 0 Å². The Morgan fingerprint density at radius 3 is 2.69 bits per heavy atom. The smallest absolute Gasteiger partial charge is 0.202 e. The molecule has 0 bridgehead atoms. The zero-order chi connectivity index (χ0) is 9.52. The molecule has 0 aliphatic carbocycles. The van der Waals surface area contributed by atoms with Gasteiger partial charge in [0.15, 0.2) is 0 Å². The van der Waals surface area contributed by atoms with Crippen LogP contribution in [-0.2, 0) is 6.42 Å². The number of rotatable bonds is 4. The van der Waals surface area contributed by atoms with Crippen molar-refractivity contribution in [3.05, 3.63) is 53.9 Å². The fraction of sp³-hybridized carbons (Fsp3) is 0.200. The maximum absolute atomic E-state index is 10.6. The van der Waals surface area contributed by atoms with E-state index in [1.165, 1.54) is 5.56 Å². The van der Waals surface area contributed by atoms with Gasteiger partial charge in [-0.05, 0) is 23.7 Å². The van der Waals surface area contributed by atoms with Crippen molar-refractivity contribution in [2.75, 3.05) is 6.54 Å². The van der Waals surface area contributed by atoms with Crippen molar-refractivity contribution in [1.82, 2.24) is 0 Å². The van der Waals surface area contributed by atoms with Gasteiger partial charge in [0.1, 0.15) is 6.54 Å². The summed E-state index contributed by atoms with van der Waals surface area (Å²) in [4.78, 5) is 0.489. The van der Waals surface area contributed by atoms with Crippen LogP contribution in [0.3, 0.4) is 0 Å².